The van der Waals surface area contributed by atoms with Crippen LogP contribution in [0.2, 0.25) is 0 Å². The van der Waals surface area contributed by atoms with Crippen molar-refractivity contribution in [2.75, 3.05) is 7.11 Å². The number of H-pyrrole nitrogens is 1. The molecule has 3 rings (SSSR count). The molecule has 142 valence electrons. The number of nitro benzene ring substituents is 1. The van der Waals surface area contributed by atoms with Gasteiger partial charge in [-0.15, -0.1) is 0 Å². The van der Waals surface area contributed by atoms with Crippen LogP contribution in [0.4, 0.5) is 5.69 Å². The molecule has 0 bridgehead atoms. The number of carbonyl (C=O) groups excluding carboxylic acids is 1. The molecular formula is C18H13N4O6-. The van der Waals surface area contributed by atoms with E-state index in [1.165, 1.54) is 13.2 Å². The molecular weight excluding hydrogens is 368 g/mol. The van der Waals surface area contributed by atoms with Crippen molar-refractivity contribution in [1.82, 2.24) is 10.4 Å². The lowest BCUT2D eigenvalue weighted by Crippen LogP contribution is -2.21. The number of amides is 1. The molecule has 2 N–H and O–H groups in total. The number of nitro groups is 1. The maximum atomic E-state index is 12.4. The van der Waals surface area contributed by atoms with Crippen LogP contribution in [0.3, 0.4) is 0 Å². The third-order valence-electron chi connectivity index (χ3n) is 3.87. The minimum atomic E-state index is -0.870. The highest BCUT2D eigenvalue weighted by atomic mass is 16.6. The van der Waals surface area contributed by atoms with Gasteiger partial charge in [-0.1, -0.05) is 18.2 Å². The second-order valence-electron chi connectivity index (χ2n) is 5.61. The topological polar surface area (TPSA) is 150 Å². The van der Waals surface area contributed by atoms with Crippen LogP contribution in [0.25, 0.3) is 10.9 Å². The summed E-state index contributed by atoms with van der Waals surface area (Å²) in [6.45, 7) is 0. The first-order valence-corrected chi connectivity index (χ1v) is 7.89. The molecule has 0 aliphatic carbocycles. The Balaban J connectivity index is 1.90. The largest absolute Gasteiger partial charge is 0.867 e. The number of benzene rings is 2. The van der Waals surface area contributed by atoms with Crippen LogP contribution in [0, 0.1) is 10.1 Å². The Morgan fingerprint density at radius 2 is 2.04 bits per heavy atom. The first-order chi connectivity index (χ1) is 13.4. The SMILES string of the molecule is COc1cc(C=NNC(=O)c2cc(=O)[nH]c3ccccc23)c([O-])c([N+](=O)[O-])c1. The van der Waals surface area contributed by atoms with Gasteiger partial charge in [-0.05, 0) is 23.4 Å². The summed E-state index contributed by atoms with van der Waals surface area (Å²) >= 11 is 0. The van der Waals surface area contributed by atoms with E-state index in [1.807, 2.05) is 0 Å². The lowest BCUT2D eigenvalue weighted by molar-refractivity contribution is -0.398. The Morgan fingerprint density at radius 3 is 2.75 bits per heavy atom. The van der Waals surface area contributed by atoms with Gasteiger partial charge in [0.15, 0.2) is 0 Å². The van der Waals surface area contributed by atoms with Crippen molar-refractivity contribution >= 4 is 28.7 Å². The number of hydrogen-bond acceptors (Lipinski definition) is 7. The van der Waals surface area contributed by atoms with E-state index in [4.69, 9.17) is 4.74 Å². The molecule has 3 aromatic rings. The Kier molecular flexibility index (Phi) is 5.03. The monoisotopic (exact) mass is 381 g/mol. The van der Waals surface area contributed by atoms with E-state index in [2.05, 4.69) is 15.5 Å². The van der Waals surface area contributed by atoms with Gasteiger partial charge in [0.2, 0.25) is 5.56 Å². The highest BCUT2D eigenvalue weighted by Crippen LogP contribution is 2.31. The number of rotatable bonds is 5. The molecule has 1 amide bonds. The average molecular weight is 381 g/mol. The number of nitrogens with one attached hydrogen (secondary N) is 2. The van der Waals surface area contributed by atoms with E-state index in [-0.39, 0.29) is 16.9 Å². The predicted molar refractivity (Wildman–Crippen MR) is 98.7 cm³/mol. The second kappa shape index (κ2) is 7.58. The molecule has 28 heavy (non-hydrogen) atoms. The number of hydrazone groups is 1. The van der Waals surface area contributed by atoms with Crippen molar-refractivity contribution in [2.24, 2.45) is 5.10 Å². The molecule has 10 nitrogen and oxygen atoms in total. The number of methoxy groups -OCH3 is 1. The normalized spacial score (nSPS) is 10.9. The predicted octanol–water partition coefficient (Wildman–Crippen LogP) is 1.28. The Labute approximate surface area is 157 Å². The summed E-state index contributed by atoms with van der Waals surface area (Å²) in [6.07, 6.45) is 0.977. The van der Waals surface area contributed by atoms with E-state index >= 15 is 0 Å². The van der Waals surface area contributed by atoms with Crippen molar-refractivity contribution in [3.8, 4) is 11.5 Å². The molecule has 1 heterocycles. The first-order valence-electron chi connectivity index (χ1n) is 7.89. The van der Waals surface area contributed by atoms with Crippen LogP contribution in [0.15, 0.2) is 52.4 Å². The van der Waals surface area contributed by atoms with Gasteiger partial charge in [-0.2, -0.15) is 5.10 Å². The summed E-state index contributed by atoms with van der Waals surface area (Å²) in [4.78, 5) is 36.9. The Morgan fingerprint density at radius 1 is 1.29 bits per heavy atom. The van der Waals surface area contributed by atoms with E-state index in [0.29, 0.717) is 10.9 Å². The minimum Gasteiger partial charge on any atom is -0.867 e. The zero-order chi connectivity index (χ0) is 20.3. The third-order valence-corrected chi connectivity index (χ3v) is 3.87. The van der Waals surface area contributed by atoms with Gasteiger partial charge in [0.05, 0.1) is 29.9 Å². The molecule has 2 aromatic carbocycles. The summed E-state index contributed by atoms with van der Waals surface area (Å²) < 4.78 is 4.93. The van der Waals surface area contributed by atoms with Gasteiger partial charge < -0.3 is 14.8 Å². The third kappa shape index (κ3) is 3.65. The van der Waals surface area contributed by atoms with Crippen LogP contribution in [0.1, 0.15) is 15.9 Å². The lowest BCUT2D eigenvalue weighted by atomic mass is 10.1. The van der Waals surface area contributed by atoms with Gasteiger partial charge >= 0.3 is 0 Å². The smallest absolute Gasteiger partial charge is 0.272 e. The van der Waals surface area contributed by atoms with Crippen molar-refractivity contribution in [1.29, 1.82) is 0 Å². The molecule has 0 saturated heterocycles. The van der Waals surface area contributed by atoms with Crippen LogP contribution < -0.4 is 20.8 Å². The van der Waals surface area contributed by atoms with Crippen molar-refractivity contribution in [2.45, 2.75) is 0 Å². The molecule has 0 atom stereocenters. The summed E-state index contributed by atoms with van der Waals surface area (Å²) in [5.74, 6) is -1.45. The van der Waals surface area contributed by atoms with Crippen molar-refractivity contribution < 1.29 is 19.6 Å². The molecule has 1 aromatic heterocycles. The number of ether oxygens (including phenoxy) is 1. The summed E-state index contributed by atoms with van der Waals surface area (Å²) in [7, 11) is 1.30. The molecule has 0 saturated carbocycles. The number of aromatic nitrogens is 1. The highest BCUT2D eigenvalue weighted by molar-refractivity contribution is 6.06. The maximum absolute atomic E-state index is 12.4. The van der Waals surface area contributed by atoms with Gasteiger partial charge in [0, 0.05) is 17.0 Å². The number of aromatic amines is 1. The van der Waals surface area contributed by atoms with Crippen LogP contribution in [-0.4, -0.2) is 29.1 Å². The summed E-state index contributed by atoms with van der Waals surface area (Å²) in [5, 5.41) is 27.3. The van der Waals surface area contributed by atoms with E-state index < -0.39 is 27.8 Å². The lowest BCUT2D eigenvalue weighted by Gasteiger charge is -2.12. The molecule has 0 unspecified atom stereocenters. The van der Waals surface area contributed by atoms with Crippen LogP contribution in [-0.2, 0) is 0 Å². The zero-order valence-corrected chi connectivity index (χ0v) is 14.5. The number of pyridine rings is 1. The molecule has 0 fully saturated rings. The number of carbonyl (C=O) groups is 1. The fourth-order valence-corrected chi connectivity index (χ4v) is 2.57. The van der Waals surface area contributed by atoms with Crippen LogP contribution in [0.5, 0.6) is 11.5 Å². The summed E-state index contributed by atoms with van der Waals surface area (Å²) in [6, 6.07) is 10.1. The molecule has 0 aliphatic heterocycles. The average Bonchev–Trinajstić information content (AvgIpc) is 2.68. The van der Waals surface area contributed by atoms with Gasteiger partial charge in [0.1, 0.15) is 5.75 Å². The number of nitrogens with zero attached hydrogens (tertiary/aromatic N) is 2. The fraction of sp³-hybridized carbons (Fsp3) is 0.0556. The first kappa shape index (κ1) is 18.6. The minimum absolute atomic E-state index is 0.0930. The zero-order valence-electron chi connectivity index (χ0n) is 14.5. The van der Waals surface area contributed by atoms with Crippen LogP contribution >= 0.6 is 0 Å². The van der Waals surface area contributed by atoms with Crippen molar-refractivity contribution in [3.05, 3.63) is 74.1 Å². The van der Waals surface area contributed by atoms with E-state index in [0.717, 1.165) is 18.3 Å². The molecule has 0 aliphatic rings. The number of hydrogen-bond donors (Lipinski definition) is 2. The quantitative estimate of drug-likeness (QED) is 0.386. The highest BCUT2D eigenvalue weighted by Gasteiger charge is 2.13. The van der Waals surface area contributed by atoms with Crippen molar-refractivity contribution in [3.63, 3.8) is 0 Å². The molecule has 10 heteroatoms. The van der Waals surface area contributed by atoms with Gasteiger partial charge in [-0.25, -0.2) is 5.43 Å². The van der Waals surface area contributed by atoms with Gasteiger partial charge in [0.25, 0.3) is 11.6 Å². The van der Waals surface area contributed by atoms with E-state index in [1.54, 1.807) is 24.3 Å². The number of para-hydroxylation sites is 1. The summed E-state index contributed by atoms with van der Waals surface area (Å²) in [5.41, 5.74) is 1.51. The van der Waals surface area contributed by atoms with Gasteiger partial charge in [-0.3, -0.25) is 19.7 Å². The maximum Gasteiger partial charge on any atom is 0.272 e. The fourth-order valence-electron chi connectivity index (χ4n) is 2.57. The Hall–Kier alpha value is -4.21. The van der Waals surface area contributed by atoms with E-state index in [9.17, 15) is 24.8 Å². The molecule has 0 spiro atoms. The standard InChI is InChI=1S/C18H14N4O6/c1-28-11-6-10(17(24)15(7-11)22(26)27)9-19-21-18(25)13-8-16(23)20-14-5-3-2-4-12(13)14/h2-9,24H,1H3,(H,20,23)(H,21,25)/p-1. The number of fused-ring (bicyclic) bond motifs is 1. The second-order valence-corrected chi connectivity index (χ2v) is 5.61. The molecule has 0 radical (unpaired) electrons. The Bertz CT molecular complexity index is 1170.